The van der Waals surface area contributed by atoms with Crippen molar-refractivity contribution in [1.29, 1.82) is 0 Å². The van der Waals surface area contributed by atoms with E-state index in [1.165, 1.54) is 19.3 Å². The van der Waals surface area contributed by atoms with E-state index in [-0.39, 0.29) is 5.54 Å². The van der Waals surface area contributed by atoms with Crippen LogP contribution in [-0.4, -0.2) is 51.7 Å². The van der Waals surface area contributed by atoms with Gasteiger partial charge in [0, 0.05) is 5.54 Å². The number of hydrogen-bond donors (Lipinski definition) is 3. The molecule has 2 atom stereocenters. The summed E-state index contributed by atoms with van der Waals surface area (Å²) in [7, 11) is 0. The lowest BCUT2D eigenvalue weighted by Crippen LogP contribution is -2.64. The number of nitrogens with zero attached hydrogens (tertiary/aromatic N) is 1. The van der Waals surface area contributed by atoms with E-state index in [0.717, 1.165) is 30.6 Å². The van der Waals surface area contributed by atoms with Crippen molar-refractivity contribution in [2.45, 2.75) is 50.5 Å². The van der Waals surface area contributed by atoms with E-state index in [0.29, 0.717) is 17.8 Å². The van der Waals surface area contributed by atoms with E-state index in [4.69, 9.17) is 10.2 Å². The maximum absolute atomic E-state index is 12.5. The van der Waals surface area contributed by atoms with Crippen molar-refractivity contribution in [1.82, 2.24) is 10.2 Å². The van der Waals surface area contributed by atoms with Gasteiger partial charge < -0.3 is 20.4 Å². The van der Waals surface area contributed by atoms with Crippen LogP contribution in [0.15, 0.2) is 0 Å². The lowest BCUT2D eigenvalue weighted by molar-refractivity contribution is -0.140. The molecule has 3 fully saturated rings. The molecule has 0 saturated heterocycles. The predicted molar refractivity (Wildman–Crippen MR) is 80.9 cm³/mol. The second kappa shape index (κ2) is 6.02. The third kappa shape index (κ3) is 3.28. The molecule has 0 aliphatic heterocycles. The molecule has 0 radical (unpaired) electrons. The Labute approximate surface area is 135 Å². The van der Waals surface area contributed by atoms with Crippen LogP contribution in [0.3, 0.4) is 0 Å². The number of amides is 2. The molecule has 0 aromatic heterocycles. The number of rotatable bonds is 5. The molecule has 23 heavy (non-hydrogen) atoms. The topological polar surface area (TPSA) is 107 Å². The molecular weight excluding hydrogens is 300 g/mol. The Balaban J connectivity index is 1.74. The molecule has 3 saturated carbocycles. The first kappa shape index (κ1) is 16.1. The summed E-state index contributed by atoms with van der Waals surface area (Å²) in [4.78, 5) is 35.2. The minimum absolute atomic E-state index is 0.254. The third-order valence-electron chi connectivity index (χ3n) is 5.90. The molecule has 7 nitrogen and oxygen atoms in total. The van der Waals surface area contributed by atoms with Gasteiger partial charge in [-0.25, -0.2) is 4.79 Å². The van der Waals surface area contributed by atoms with Gasteiger partial charge in [0.2, 0.25) is 0 Å². The Morgan fingerprint density at radius 2 is 1.48 bits per heavy atom. The van der Waals surface area contributed by atoms with Crippen molar-refractivity contribution in [3.8, 4) is 0 Å². The first-order chi connectivity index (χ1) is 10.9. The Hall–Kier alpha value is -1.79. The molecule has 3 bridgehead atoms. The number of carbonyl (C=O) groups is 3. The zero-order valence-electron chi connectivity index (χ0n) is 13.2. The fourth-order valence-electron chi connectivity index (χ4n) is 5.12. The molecule has 0 aromatic carbocycles. The van der Waals surface area contributed by atoms with Gasteiger partial charge >= 0.3 is 18.0 Å². The van der Waals surface area contributed by atoms with E-state index in [1.807, 2.05) is 0 Å². The molecule has 0 heterocycles. The second-order valence-corrected chi connectivity index (χ2v) is 7.46. The Kier molecular flexibility index (Phi) is 4.21. The van der Waals surface area contributed by atoms with Crippen LogP contribution in [0.1, 0.15) is 44.9 Å². The molecule has 7 heteroatoms. The average Bonchev–Trinajstić information content (AvgIpc) is 2.42. The van der Waals surface area contributed by atoms with Crippen molar-refractivity contribution in [3.63, 3.8) is 0 Å². The highest BCUT2D eigenvalue weighted by atomic mass is 16.4. The molecule has 128 valence electrons. The van der Waals surface area contributed by atoms with Crippen LogP contribution in [0.4, 0.5) is 4.79 Å². The maximum atomic E-state index is 12.5. The van der Waals surface area contributed by atoms with Crippen molar-refractivity contribution < 1.29 is 24.6 Å². The standard InChI is InChI=1S/C16H24N2O5/c19-13(20)8-18(9-14(21)22)15(23)17-16-6-10-1-3-12(16)4-2-11(5-10)7-16/h10-12H,1-9H2,(H,17,23)(H,19,20)(H,21,22). The highest BCUT2D eigenvalue weighted by Crippen LogP contribution is 2.54. The number of hydrogen-bond acceptors (Lipinski definition) is 3. The van der Waals surface area contributed by atoms with E-state index in [2.05, 4.69) is 5.32 Å². The van der Waals surface area contributed by atoms with Crippen molar-refractivity contribution in [3.05, 3.63) is 0 Å². The SMILES string of the molecule is O=C(O)CN(CC(=O)O)C(=O)NC12CC3CCC1CCC(C3)C2. The quantitative estimate of drug-likeness (QED) is 0.711. The summed E-state index contributed by atoms with van der Waals surface area (Å²) in [6, 6.07) is -0.553. The lowest BCUT2D eigenvalue weighted by atomic mass is 9.53. The molecule has 3 aliphatic carbocycles. The van der Waals surface area contributed by atoms with Crippen LogP contribution in [-0.2, 0) is 9.59 Å². The summed E-state index contributed by atoms with van der Waals surface area (Å²) in [6.07, 6.45) is 7.78. The van der Waals surface area contributed by atoms with Crippen LogP contribution < -0.4 is 5.32 Å². The summed E-state index contributed by atoms with van der Waals surface area (Å²) in [5, 5.41) is 20.9. The van der Waals surface area contributed by atoms with Gasteiger partial charge in [-0.3, -0.25) is 9.59 Å². The van der Waals surface area contributed by atoms with Gasteiger partial charge in [-0.2, -0.15) is 0 Å². The van der Waals surface area contributed by atoms with Crippen LogP contribution in [0, 0.1) is 17.8 Å². The maximum Gasteiger partial charge on any atom is 0.323 e. The third-order valence-corrected chi connectivity index (χ3v) is 5.90. The average molecular weight is 324 g/mol. The first-order valence-electron chi connectivity index (χ1n) is 8.38. The largest absolute Gasteiger partial charge is 0.480 e. The Morgan fingerprint density at radius 1 is 0.957 bits per heavy atom. The van der Waals surface area contributed by atoms with Gasteiger partial charge in [-0.1, -0.05) is 0 Å². The fraction of sp³-hybridized carbons (Fsp3) is 0.812. The molecule has 0 spiro atoms. The summed E-state index contributed by atoms with van der Waals surface area (Å²) in [5.74, 6) is -0.692. The normalized spacial score (nSPS) is 34.7. The molecule has 2 amide bonds. The van der Waals surface area contributed by atoms with Crippen LogP contribution in [0.25, 0.3) is 0 Å². The van der Waals surface area contributed by atoms with Crippen LogP contribution >= 0.6 is 0 Å². The van der Waals surface area contributed by atoms with E-state index < -0.39 is 31.1 Å². The van der Waals surface area contributed by atoms with E-state index in [1.54, 1.807) is 0 Å². The van der Waals surface area contributed by atoms with E-state index in [9.17, 15) is 14.4 Å². The number of fused-ring (bicyclic) bond motifs is 2. The number of carbonyl (C=O) groups excluding carboxylic acids is 1. The molecule has 3 rings (SSSR count). The molecular formula is C16H24N2O5. The number of aliphatic carboxylic acids is 2. The van der Waals surface area contributed by atoms with Gasteiger partial charge in [0.25, 0.3) is 0 Å². The number of carboxylic acid groups (broad SMARTS) is 2. The molecule has 0 aromatic rings. The number of nitrogens with one attached hydrogen (secondary N) is 1. The molecule has 3 aliphatic rings. The van der Waals surface area contributed by atoms with Crippen molar-refractivity contribution >= 4 is 18.0 Å². The molecule has 3 N–H and O–H groups in total. The fourth-order valence-corrected chi connectivity index (χ4v) is 5.12. The highest BCUT2D eigenvalue weighted by molar-refractivity contribution is 5.84. The van der Waals surface area contributed by atoms with Gasteiger partial charge in [0.05, 0.1) is 0 Å². The number of carboxylic acids is 2. The summed E-state index contributed by atoms with van der Waals surface area (Å²) in [5.41, 5.74) is -0.254. The van der Waals surface area contributed by atoms with Crippen LogP contribution in [0.2, 0.25) is 0 Å². The van der Waals surface area contributed by atoms with Gasteiger partial charge in [0.1, 0.15) is 13.1 Å². The van der Waals surface area contributed by atoms with E-state index >= 15 is 0 Å². The van der Waals surface area contributed by atoms with Gasteiger partial charge in [-0.05, 0) is 62.7 Å². The number of urea groups is 1. The van der Waals surface area contributed by atoms with Gasteiger partial charge in [-0.15, -0.1) is 0 Å². The van der Waals surface area contributed by atoms with Gasteiger partial charge in [0.15, 0.2) is 0 Å². The van der Waals surface area contributed by atoms with Crippen LogP contribution in [0.5, 0.6) is 0 Å². The summed E-state index contributed by atoms with van der Waals surface area (Å²) < 4.78 is 0. The monoisotopic (exact) mass is 324 g/mol. The zero-order chi connectivity index (χ0) is 16.6. The Morgan fingerprint density at radius 3 is 1.96 bits per heavy atom. The first-order valence-corrected chi connectivity index (χ1v) is 8.38. The smallest absolute Gasteiger partial charge is 0.323 e. The summed E-state index contributed by atoms with van der Waals surface area (Å²) in [6.45, 7) is -1.18. The van der Waals surface area contributed by atoms with Crippen molar-refractivity contribution in [2.24, 2.45) is 17.8 Å². The minimum Gasteiger partial charge on any atom is -0.480 e. The zero-order valence-corrected chi connectivity index (χ0v) is 13.2. The predicted octanol–water partition coefficient (Wildman–Crippen LogP) is 1.53. The van der Waals surface area contributed by atoms with Crippen molar-refractivity contribution in [2.75, 3.05) is 13.1 Å². The lowest BCUT2D eigenvalue weighted by Gasteiger charge is -2.57. The minimum atomic E-state index is -1.20. The molecule has 2 unspecified atom stereocenters. The Bertz CT molecular complexity index is 489. The summed E-state index contributed by atoms with van der Waals surface area (Å²) >= 11 is 0. The second-order valence-electron chi connectivity index (χ2n) is 7.46. The highest BCUT2D eigenvalue weighted by Gasteiger charge is 2.52.